The molecule has 1 aromatic rings. The molecule has 0 unspecified atom stereocenters. The van der Waals surface area contributed by atoms with Crippen molar-refractivity contribution >= 4 is 24.2 Å². The highest BCUT2D eigenvalue weighted by Gasteiger charge is 2.15. The van der Waals surface area contributed by atoms with E-state index in [1.807, 2.05) is 6.07 Å². The number of ether oxygens (including phenoxy) is 1. The van der Waals surface area contributed by atoms with Crippen molar-refractivity contribution in [3.63, 3.8) is 0 Å². The number of amides is 1. The number of thiol groups is 1. The number of hydrogen-bond donors (Lipinski definition) is 2. The zero-order valence-electron chi connectivity index (χ0n) is 7.91. The number of nitrogens with one attached hydrogen (secondary N) is 1. The molecule has 15 heavy (non-hydrogen) atoms. The van der Waals surface area contributed by atoms with E-state index in [1.54, 1.807) is 12.1 Å². The molecule has 0 atom stereocenters. The van der Waals surface area contributed by atoms with E-state index >= 15 is 0 Å². The summed E-state index contributed by atoms with van der Waals surface area (Å²) in [5.74, 6) is 6.83. The Labute approximate surface area is 93.2 Å². The quantitative estimate of drug-likeness (QED) is 0.510. The Morgan fingerprint density at radius 1 is 1.53 bits per heavy atom. The van der Waals surface area contributed by atoms with E-state index in [-0.39, 0.29) is 12.5 Å². The lowest BCUT2D eigenvalue weighted by atomic mass is 10.1. The molecule has 1 amide bonds. The van der Waals surface area contributed by atoms with Gasteiger partial charge in [-0.3, -0.25) is 4.79 Å². The topological polar surface area (TPSA) is 38.3 Å². The van der Waals surface area contributed by atoms with Crippen LogP contribution in [0.3, 0.4) is 0 Å². The van der Waals surface area contributed by atoms with Gasteiger partial charge in [0.15, 0.2) is 6.61 Å². The van der Waals surface area contributed by atoms with E-state index in [1.165, 1.54) is 0 Å². The molecule has 1 aromatic carbocycles. The van der Waals surface area contributed by atoms with Crippen LogP contribution >= 0.6 is 12.6 Å². The minimum Gasteiger partial charge on any atom is -0.482 e. The van der Waals surface area contributed by atoms with E-state index in [0.29, 0.717) is 17.2 Å². The first-order chi connectivity index (χ1) is 7.29. The lowest BCUT2D eigenvalue weighted by Gasteiger charge is -2.17. The third kappa shape index (κ3) is 2.25. The lowest BCUT2D eigenvalue weighted by molar-refractivity contribution is -0.118. The largest absolute Gasteiger partial charge is 0.482 e. The zero-order valence-corrected chi connectivity index (χ0v) is 8.80. The van der Waals surface area contributed by atoms with Crippen molar-refractivity contribution in [2.45, 2.75) is 0 Å². The van der Waals surface area contributed by atoms with Crippen LogP contribution in [0.5, 0.6) is 5.75 Å². The first-order valence-electron chi connectivity index (χ1n) is 4.46. The van der Waals surface area contributed by atoms with Crippen LogP contribution in [0.1, 0.15) is 5.56 Å². The molecular weight excluding hydrogens is 210 g/mol. The summed E-state index contributed by atoms with van der Waals surface area (Å²) in [6.45, 7) is 0.0780. The Morgan fingerprint density at radius 3 is 3.20 bits per heavy atom. The fourth-order valence-corrected chi connectivity index (χ4v) is 1.38. The number of anilines is 1. The Hall–Kier alpha value is -1.60. The summed E-state index contributed by atoms with van der Waals surface area (Å²) in [6.07, 6.45) is 0. The van der Waals surface area contributed by atoms with Gasteiger partial charge < -0.3 is 10.1 Å². The van der Waals surface area contributed by atoms with Crippen LogP contribution in [0.2, 0.25) is 0 Å². The van der Waals surface area contributed by atoms with Crippen molar-refractivity contribution in [1.82, 2.24) is 0 Å². The summed E-state index contributed by atoms with van der Waals surface area (Å²) >= 11 is 4.00. The number of hydrogen-bond acceptors (Lipinski definition) is 3. The lowest BCUT2D eigenvalue weighted by Crippen LogP contribution is -2.25. The van der Waals surface area contributed by atoms with E-state index in [9.17, 15) is 4.79 Å². The average molecular weight is 219 g/mol. The van der Waals surface area contributed by atoms with Crippen LogP contribution in [0.25, 0.3) is 0 Å². The molecule has 0 aliphatic carbocycles. The van der Waals surface area contributed by atoms with Crippen LogP contribution in [-0.4, -0.2) is 18.3 Å². The van der Waals surface area contributed by atoms with Crippen molar-refractivity contribution < 1.29 is 9.53 Å². The minimum absolute atomic E-state index is 0.0780. The fourth-order valence-electron chi connectivity index (χ4n) is 1.30. The molecule has 3 nitrogen and oxygen atoms in total. The molecule has 76 valence electrons. The average Bonchev–Trinajstić information content (AvgIpc) is 2.25. The molecular formula is C11H9NO2S. The second-order valence-electron chi connectivity index (χ2n) is 3.01. The van der Waals surface area contributed by atoms with Gasteiger partial charge in [-0.1, -0.05) is 11.8 Å². The van der Waals surface area contributed by atoms with Gasteiger partial charge in [0, 0.05) is 5.56 Å². The van der Waals surface area contributed by atoms with Crippen molar-refractivity contribution in [2.24, 2.45) is 0 Å². The van der Waals surface area contributed by atoms with Gasteiger partial charge in [-0.25, -0.2) is 0 Å². The van der Waals surface area contributed by atoms with Gasteiger partial charge in [0.05, 0.1) is 11.4 Å². The second-order valence-corrected chi connectivity index (χ2v) is 3.32. The minimum atomic E-state index is -0.137. The summed E-state index contributed by atoms with van der Waals surface area (Å²) in [6, 6.07) is 5.45. The Bertz CT molecular complexity index is 459. The standard InChI is InChI=1S/C11H9NO2S/c13-11-7-14-10-4-3-8(2-1-5-15)6-9(10)12-11/h3-4,6,15H,5,7H2,(H,12,13). The maximum atomic E-state index is 11.1. The van der Waals surface area contributed by atoms with Crippen LogP contribution in [-0.2, 0) is 4.79 Å². The summed E-state index contributed by atoms with van der Waals surface area (Å²) < 4.78 is 5.22. The highest BCUT2D eigenvalue weighted by atomic mass is 32.1. The summed E-state index contributed by atoms with van der Waals surface area (Å²) in [5.41, 5.74) is 1.52. The van der Waals surface area contributed by atoms with Crippen molar-refractivity contribution in [2.75, 3.05) is 17.7 Å². The van der Waals surface area contributed by atoms with Gasteiger partial charge in [0.25, 0.3) is 5.91 Å². The number of carbonyl (C=O) groups is 1. The van der Waals surface area contributed by atoms with E-state index in [0.717, 1.165) is 5.56 Å². The zero-order chi connectivity index (χ0) is 10.7. The molecule has 0 fully saturated rings. The molecule has 0 radical (unpaired) electrons. The van der Waals surface area contributed by atoms with Crippen LogP contribution in [0.15, 0.2) is 18.2 Å². The molecule has 2 rings (SSSR count). The van der Waals surface area contributed by atoms with Crippen molar-refractivity contribution in [1.29, 1.82) is 0 Å². The van der Waals surface area contributed by atoms with Gasteiger partial charge in [0.2, 0.25) is 0 Å². The fraction of sp³-hybridized carbons (Fsp3) is 0.182. The van der Waals surface area contributed by atoms with Gasteiger partial charge in [-0.05, 0) is 18.2 Å². The number of carbonyl (C=O) groups excluding carboxylic acids is 1. The number of benzene rings is 1. The molecule has 0 saturated carbocycles. The Balaban J connectivity index is 2.32. The molecule has 0 aromatic heterocycles. The first kappa shape index (κ1) is 9.94. The van der Waals surface area contributed by atoms with E-state index < -0.39 is 0 Å². The molecule has 1 N–H and O–H groups in total. The molecule has 0 bridgehead atoms. The normalized spacial score (nSPS) is 13.0. The molecule has 4 heteroatoms. The summed E-state index contributed by atoms with van der Waals surface area (Å²) in [5, 5.41) is 2.73. The van der Waals surface area contributed by atoms with Crippen LogP contribution in [0.4, 0.5) is 5.69 Å². The number of fused-ring (bicyclic) bond motifs is 1. The molecule has 1 heterocycles. The molecule has 0 spiro atoms. The molecule has 0 saturated heterocycles. The van der Waals surface area contributed by atoms with Gasteiger partial charge in [0.1, 0.15) is 5.75 Å². The number of rotatable bonds is 0. The second kappa shape index (κ2) is 4.28. The predicted octanol–water partition coefficient (Wildman–Crippen LogP) is 1.30. The van der Waals surface area contributed by atoms with Crippen molar-refractivity contribution in [3.8, 4) is 17.6 Å². The van der Waals surface area contributed by atoms with Gasteiger partial charge in [-0.2, -0.15) is 12.6 Å². The maximum absolute atomic E-state index is 11.1. The third-order valence-electron chi connectivity index (χ3n) is 1.92. The van der Waals surface area contributed by atoms with Crippen molar-refractivity contribution in [3.05, 3.63) is 23.8 Å². The monoisotopic (exact) mass is 219 g/mol. The van der Waals surface area contributed by atoms with Gasteiger partial charge in [-0.15, -0.1) is 0 Å². The van der Waals surface area contributed by atoms with Crippen LogP contribution < -0.4 is 10.1 Å². The Morgan fingerprint density at radius 2 is 2.40 bits per heavy atom. The Kier molecular flexibility index (Phi) is 2.84. The predicted molar refractivity (Wildman–Crippen MR) is 61.3 cm³/mol. The SMILES string of the molecule is O=C1COc2ccc(C#CCS)cc2N1. The highest BCUT2D eigenvalue weighted by molar-refractivity contribution is 7.80. The maximum Gasteiger partial charge on any atom is 0.262 e. The van der Waals surface area contributed by atoms with Gasteiger partial charge >= 0.3 is 0 Å². The van der Waals surface area contributed by atoms with E-state index in [2.05, 4.69) is 29.8 Å². The van der Waals surface area contributed by atoms with E-state index in [4.69, 9.17) is 4.74 Å². The van der Waals surface area contributed by atoms with Crippen LogP contribution in [0, 0.1) is 11.8 Å². The smallest absolute Gasteiger partial charge is 0.262 e. The molecule has 1 aliphatic heterocycles. The summed E-state index contributed by atoms with van der Waals surface area (Å²) in [7, 11) is 0. The first-order valence-corrected chi connectivity index (χ1v) is 5.09. The summed E-state index contributed by atoms with van der Waals surface area (Å²) in [4.78, 5) is 11.1. The highest BCUT2D eigenvalue weighted by Crippen LogP contribution is 2.27. The molecule has 1 aliphatic rings. The third-order valence-corrected chi connectivity index (χ3v) is 2.08.